The van der Waals surface area contributed by atoms with Gasteiger partial charge >= 0.3 is 0 Å². The number of aromatic nitrogens is 1. The lowest BCUT2D eigenvalue weighted by Crippen LogP contribution is -2.40. The van der Waals surface area contributed by atoms with Crippen molar-refractivity contribution in [1.82, 2.24) is 15.2 Å². The summed E-state index contributed by atoms with van der Waals surface area (Å²) >= 11 is 1.82. The second-order valence-electron chi connectivity index (χ2n) is 4.70. The first-order valence-corrected chi connectivity index (χ1v) is 6.81. The van der Waals surface area contributed by atoms with E-state index in [4.69, 9.17) is 0 Å². The van der Waals surface area contributed by atoms with Crippen LogP contribution in [0.15, 0.2) is 0 Å². The quantitative estimate of drug-likeness (QED) is 0.874. The van der Waals surface area contributed by atoms with Crippen molar-refractivity contribution < 1.29 is 0 Å². The van der Waals surface area contributed by atoms with E-state index < -0.39 is 0 Å². The zero-order chi connectivity index (χ0) is 11.5. The standard InChI is InChI=1S/C12H21N3S/c1-9-12(16-10(2)14-9)8-13-11-4-6-15(3)7-5-11/h11,13H,4-8H2,1-3H3. The number of hydrogen-bond donors (Lipinski definition) is 1. The molecular formula is C12H21N3S. The van der Waals surface area contributed by atoms with E-state index in [1.165, 1.54) is 41.5 Å². The first-order chi connectivity index (χ1) is 7.65. The van der Waals surface area contributed by atoms with Gasteiger partial charge in [-0.05, 0) is 46.8 Å². The highest BCUT2D eigenvalue weighted by molar-refractivity contribution is 7.11. The molecule has 0 unspecified atom stereocenters. The van der Waals surface area contributed by atoms with Crippen molar-refractivity contribution in [2.75, 3.05) is 20.1 Å². The monoisotopic (exact) mass is 239 g/mol. The first-order valence-electron chi connectivity index (χ1n) is 6.00. The van der Waals surface area contributed by atoms with E-state index in [1.807, 2.05) is 11.3 Å². The average Bonchev–Trinajstić information content (AvgIpc) is 2.57. The number of hydrogen-bond acceptors (Lipinski definition) is 4. The molecule has 1 aliphatic rings. The summed E-state index contributed by atoms with van der Waals surface area (Å²) in [6.07, 6.45) is 2.54. The number of likely N-dealkylation sites (tertiary alicyclic amines) is 1. The SMILES string of the molecule is Cc1nc(C)c(CNC2CCN(C)CC2)s1. The highest BCUT2D eigenvalue weighted by atomic mass is 32.1. The summed E-state index contributed by atoms with van der Waals surface area (Å²) < 4.78 is 0. The van der Waals surface area contributed by atoms with E-state index in [1.54, 1.807) is 0 Å². The minimum Gasteiger partial charge on any atom is -0.309 e. The molecule has 0 atom stereocenters. The van der Waals surface area contributed by atoms with E-state index in [2.05, 4.69) is 36.1 Å². The molecule has 0 spiro atoms. The molecule has 1 aromatic heterocycles. The van der Waals surface area contributed by atoms with Crippen molar-refractivity contribution >= 4 is 11.3 Å². The van der Waals surface area contributed by atoms with Crippen LogP contribution in [-0.4, -0.2) is 36.1 Å². The second-order valence-corrected chi connectivity index (χ2v) is 5.99. The third-order valence-corrected chi connectivity index (χ3v) is 4.34. The minimum absolute atomic E-state index is 0.693. The van der Waals surface area contributed by atoms with E-state index in [9.17, 15) is 0 Å². The van der Waals surface area contributed by atoms with Crippen LogP contribution in [0, 0.1) is 13.8 Å². The van der Waals surface area contributed by atoms with Crippen LogP contribution < -0.4 is 5.32 Å². The lowest BCUT2D eigenvalue weighted by Gasteiger charge is -2.29. The van der Waals surface area contributed by atoms with Crippen LogP contribution in [0.5, 0.6) is 0 Å². The number of nitrogens with zero attached hydrogens (tertiary/aromatic N) is 2. The van der Waals surface area contributed by atoms with Gasteiger partial charge in [0.15, 0.2) is 0 Å². The Balaban J connectivity index is 1.81. The van der Waals surface area contributed by atoms with Crippen molar-refractivity contribution in [2.24, 2.45) is 0 Å². The van der Waals surface area contributed by atoms with Crippen LogP contribution in [0.4, 0.5) is 0 Å². The summed E-state index contributed by atoms with van der Waals surface area (Å²) in [5.74, 6) is 0. The topological polar surface area (TPSA) is 28.2 Å². The van der Waals surface area contributed by atoms with Gasteiger partial charge in [0.1, 0.15) is 0 Å². The zero-order valence-corrected chi connectivity index (χ0v) is 11.2. The van der Waals surface area contributed by atoms with Crippen LogP contribution in [-0.2, 0) is 6.54 Å². The Morgan fingerprint density at radius 1 is 1.38 bits per heavy atom. The van der Waals surface area contributed by atoms with E-state index in [0.29, 0.717) is 6.04 Å². The van der Waals surface area contributed by atoms with Gasteiger partial charge in [-0.1, -0.05) is 0 Å². The Hall–Kier alpha value is -0.450. The van der Waals surface area contributed by atoms with Crippen molar-refractivity contribution in [3.8, 4) is 0 Å². The predicted octanol–water partition coefficient (Wildman–Crippen LogP) is 1.94. The van der Waals surface area contributed by atoms with Gasteiger partial charge in [-0.25, -0.2) is 4.98 Å². The number of piperidine rings is 1. The molecule has 0 radical (unpaired) electrons. The van der Waals surface area contributed by atoms with E-state index >= 15 is 0 Å². The van der Waals surface area contributed by atoms with Crippen molar-refractivity contribution in [2.45, 2.75) is 39.3 Å². The molecule has 1 aromatic rings. The molecule has 1 aliphatic heterocycles. The van der Waals surface area contributed by atoms with Gasteiger partial charge < -0.3 is 10.2 Å². The summed E-state index contributed by atoms with van der Waals surface area (Å²) in [7, 11) is 2.20. The van der Waals surface area contributed by atoms with Crippen molar-refractivity contribution in [3.63, 3.8) is 0 Å². The van der Waals surface area contributed by atoms with Crippen LogP contribution in [0.1, 0.15) is 28.4 Å². The molecule has 1 saturated heterocycles. The number of nitrogens with one attached hydrogen (secondary N) is 1. The van der Waals surface area contributed by atoms with Crippen molar-refractivity contribution in [1.29, 1.82) is 0 Å². The largest absolute Gasteiger partial charge is 0.309 e. The third-order valence-electron chi connectivity index (χ3n) is 3.27. The fourth-order valence-corrected chi connectivity index (χ4v) is 3.08. The molecule has 1 fully saturated rings. The summed E-state index contributed by atoms with van der Waals surface area (Å²) in [5, 5.41) is 4.83. The lowest BCUT2D eigenvalue weighted by atomic mass is 10.1. The molecule has 90 valence electrons. The van der Waals surface area contributed by atoms with Crippen LogP contribution >= 0.6 is 11.3 Å². The van der Waals surface area contributed by atoms with Gasteiger partial charge in [-0.2, -0.15) is 0 Å². The molecule has 0 aromatic carbocycles. The third kappa shape index (κ3) is 3.03. The molecule has 0 aliphatic carbocycles. The normalized spacial score (nSPS) is 19.2. The summed E-state index contributed by atoms with van der Waals surface area (Å²) in [5.41, 5.74) is 1.20. The molecule has 0 amide bonds. The maximum atomic E-state index is 4.46. The fourth-order valence-electron chi connectivity index (χ4n) is 2.19. The number of aryl methyl sites for hydroxylation is 2. The van der Waals surface area contributed by atoms with Gasteiger partial charge in [-0.15, -0.1) is 11.3 Å². The molecule has 1 N–H and O–H groups in total. The predicted molar refractivity (Wildman–Crippen MR) is 68.9 cm³/mol. The molecule has 2 rings (SSSR count). The Bertz CT molecular complexity index is 340. The van der Waals surface area contributed by atoms with Crippen LogP contribution in [0.3, 0.4) is 0 Å². The maximum Gasteiger partial charge on any atom is 0.0900 e. The van der Waals surface area contributed by atoms with E-state index in [0.717, 1.165) is 6.54 Å². The molecule has 2 heterocycles. The molecule has 0 bridgehead atoms. The Labute approximate surface area is 102 Å². The first kappa shape index (κ1) is 12.0. The van der Waals surface area contributed by atoms with E-state index in [-0.39, 0.29) is 0 Å². The zero-order valence-electron chi connectivity index (χ0n) is 10.4. The van der Waals surface area contributed by atoms with Gasteiger partial charge in [0, 0.05) is 17.5 Å². The summed E-state index contributed by atoms with van der Waals surface area (Å²) in [6, 6.07) is 0.693. The summed E-state index contributed by atoms with van der Waals surface area (Å²) in [4.78, 5) is 8.26. The molecule has 16 heavy (non-hydrogen) atoms. The lowest BCUT2D eigenvalue weighted by molar-refractivity contribution is 0.234. The Kier molecular flexibility index (Phi) is 3.95. The van der Waals surface area contributed by atoms with Gasteiger partial charge in [0.05, 0.1) is 10.7 Å². The van der Waals surface area contributed by atoms with Crippen molar-refractivity contribution in [3.05, 3.63) is 15.6 Å². The Morgan fingerprint density at radius 2 is 2.06 bits per heavy atom. The van der Waals surface area contributed by atoms with Gasteiger partial charge in [0.2, 0.25) is 0 Å². The van der Waals surface area contributed by atoms with Crippen LogP contribution in [0.2, 0.25) is 0 Å². The maximum absolute atomic E-state index is 4.46. The second kappa shape index (κ2) is 5.25. The molecule has 3 nitrogen and oxygen atoms in total. The number of rotatable bonds is 3. The highest BCUT2D eigenvalue weighted by Crippen LogP contribution is 2.17. The molecule has 4 heteroatoms. The van der Waals surface area contributed by atoms with Gasteiger partial charge in [-0.3, -0.25) is 0 Å². The number of thiazole rings is 1. The van der Waals surface area contributed by atoms with Crippen LogP contribution in [0.25, 0.3) is 0 Å². The van der Waals surface area contributed by atoms with Gasteiger partial charge in [0.25, 0.3) is 0 Å². The average molecular weight is 239 g/mol. The minimum atomic E-state index is 0.693. The fraction of sp³-hybridized carbons (Fsp3) is 0.750. The smallest absolute Gasteiger partial charge is 0.0900 e. The molecular weight excluding hydrogens is 218 g/mol. The highest BCUT2D eigenvalue weighted by Gasteiger charge is 2.16. The molecule has 0 saturated carbocycles. The summed E-state index contributed by atoms with van der Waals surface area (Å²) in [6.45, 7) is 7.62. The Morgan fingerprint density at radius 3 is 2.62 bits per heavy atom.